The molecule has 6 nitrogen and oxygen atoms in total. The number of aryl methyl sites for hydroxylation is 1. The Balaban J connectivity index is 1.29. The van der Waals surface area contributed by atoms with Crippen LogP contribution in [0.3, 0.4) is 0 Å². The van der Waals surface area contributed by atoms with Gasteiger partial charge < -0.3 is 14.5 Å². The molecule has 2 amide bonds. The van der Waals surface area contributed by atoms with Gasteiger partial charge in [0.2, 0.25) is 5.91 Å². The lowest BCUT2D eigenvalue weighted by molar-refractivity contribution is -0.118. The standard InChI is InChI=1S/C35H40N2O4/c1-35(2,3)41-34(40)36(30(26-14-8-5-9-15-26)22-25-12-6-4-7-13-25)20-11-10-16-31(38)29-23-27-17-18-32(39)37-21-19-28(24-29)33(27)37/h4-9,12-15,23-24,30H,10-11,16-22H2,1-3H3. The minimum atomic E-state index is -0.618. The number of benzene rings is 3. The van der Waals surface area contributed by atoms with E-state index in [1.165, 1.54) is 0 Å². The third-order valence-corrected chi connectivity index (χ3v) is 7.89. The summed E-state index contributed by atoms with van der Waals surface area (Å²) in [5.74, 6) is 0.304. The van der Waals surface area contributed by atoms with Crippen LogP contribution < -0.4 is 4.90 Å². The molecule has 6 heteroatoms. The number of rotatable bonds is 10. The predicted molar refractivity (Wildman–Crippen MR) is 161 cm³/mol. The van der Waals surface area contributed by atoms with E-state index in [1.807, 2.05) is 79.1 Å². The fourth-order valence-corrected chi connectivity index (χ4v) is 5.95. The largest absolute Gasteiger partial charge is 0.444 e. The van der Waals surface area contributed by atoms with Crippen molar-refractivity contribution < 1.29 is 19.1 Å². The molecule has 41 heavy (non-hydrogen) atoms. The molecule has 3 aromatic rings. The fourth-order valence-electron chi connectivity index (χ4n) is 5.95. The van der Waals surface area contributed by atoms with E-state index < -0.39 is 5.60 Å². The van der Waals surface area contributed by atoms with E-state index in [9.17, 15) is 14.4 Å². The van der Waals surface area contributed by atoms with Gasteiger partial charge in [0.05, 0.1) is 11.7 Å². The van der Waals surface area contributed by atoms with Gasteiger partial charge >= 0.3 is 6.09 Å². The average molecular weight is 553 g/mol. The van der Waals surface area contributed by atoms with E-state index in [2.05, 4.69) is 24.3 Å². The van der Waals surface area contributed by atoms with Crippen LogP contribution in [0.4, 0.5) is 10.5 Å². The van der Waals surface area contributed by atoms with Crippen LogP contribution in [-0.4, -0.2) is 41.4 Å². The maximum atomic E-state index is 13.6. The first kappa shape index (κ1) is 28.6. The Morgan fingerprint density at radius 3 is 2.24 bits per heavy atom. The molecule has 5 rings (SSSR count). The first-order valence-corrected chi connectivity index (χ1v) is 14.8. The van der Waals surface area contributed by atoms with Crippen molar-refractivity contribution in [2.45, 2.75) is 77.4 Å². The second-order valence-corrected chi connectivity index (χ2v) is 12.1. The zero-order chi connectivity index (χ0) is 29.0. The third kappa shape index (κ3) is 6.87. The molecule has 0 spiro atoms. The van der Waals surface area contributed by atoms with Crippen molar-refractivity contribution in [3.05, 3.63) is 101 Å². The first-order chi connectivity index (χ1) is 19.7. The van der Waals surface area contributed by atoms with Gasteiger partial charge in [-0.15, -0.1) is 0 Å². The van der Waals surface area contributed by atoms with Crippen LogP contribution in [0.5, 0.6) is 0 Å². The molecule has 1 unspecified atom stereocenters. The summed E-state index contributed by atoms with van der Waals surface area (Å²) >= 11 is 0. The number of nitrogens with zero attached hydrogens (tertiary/aromatic N) is 2. The smallest absolute Gasteiger partial charge is 0.410 e. The monoisotopic (exact) mass is 552 g/mol. The van der Waals surface area contributed by atoms with Crippen molar-refractivity contribution in [2.24, 2.45) is 0 Å². The topological polar surface area (TPSA) is 66.9 Å². The molecule has 0 aromatic heterocycles. The molecule has 0 saturated carbocycles. The number of anilines is 1. The van der Waals surface area contributed by atoms with Gasteiger partial charge in [-0.3, -0.25) is 9.59 Å². The highest BCUT2D eigenvalue weighted by Crippen LogP contribution is 2.38. The van der Waals surface area contributed by atoms with Crippen molar-refractivity contribution in [3.63, 3.8) is 0 Å². The Morgan fingerprint density at radius 1 is 0.902 bits per heavy atom. The van der Waals surface area contributed by atoms with E-state index in [4.69, 9.17) is 4.74 Å². The molecule has 2 aliphatic rings. The zero-order valence-electron chi connectivity index (χ0n) is 24.4. The summed E-state index contributed by atoms with van der Waals surface area (Å²) in [6, 6.07) is 24.1. The summed E-state index contributed by atoms with van der Waals surface area (Å²) in [7, 11) is 0. The van der Waals surface area contributed by atoms with Crippen molar-refractivity contribution in [1.82, 2.24) is 4.90 Å². The Hall–Kier alpha value is -3.93. The average Bonchev–Trinajstić information content (AvgIpc) is 3.39. The third-order valence-electron chi connectivity index (χ3n) is 7.89. The van der Waals surface area contributed by atoms with Crippen molar-refractivity contribution in [2.75, 3.05) is 18.0 Å². The van der Waals surface area contributed by atoms with Gasteiger partial charge in [0.1, 0.15) is 5.60 Å². The van der Waals surface area contributed by atoms with Crippen LogP contribution in [0, 0.1) is 0 Å². The predicted octanol–water partition coefficient (Wildman–Crippen LogP) is 7.10. The minimum Gasteiger partial charge on any atom is -0.444 e. The number of ketones is 1. The molecule has 0 bridgehead atoms. The lowest BCUT2D eigenvalue weighted by atomic mass is 9.94. The second-order valence-electron chi connectivity index (χ2n) is 12.1. The van der Waals surface area contributed by atoms with Crippen molar-refractivity contribution in [1.29, 1.82) is 0 Å². The summed E-state index contributed by atoms with van der Waals surface area (Å²) in [4.78, 5) is 42.8. The van der Waals surface area contributed by atoms with Gasteiger partial charge in [0.25, 0.3) is 0 Å². The van der Waals surface area contributed by atoms with Crippen LogP contribution in [0.2, 0.25) is 0 Å². The molecule has 2 heterocycles. The van der Waals surface area contributed by atoms with Gasteiger partial charge in [-0.2, -0.15) is 0 Å². The Kier molecular flexibility index (Phi) is 8.57. The number of unbranched alkanes of at least 4 members (excludes halogenated alkanes) is 1. The van der Waals surface area contributed by atoms with Crippen LogP contribution in [0.25, 0.3) is 0 Å². The van der Waals surface area contributed by atoms with E-state index in [-0.39, 0.29) is 23.8 Å². The number of amides is 2. The highest BCUT2D eigenvalue weighted by Gasteiger charge is 2.32. The zero-order valence-corrected chi connectivity index (χ0v) is 24.4. The summed E-state index contributed by atoms with van der Waals surface area (Å²) in [5.41, 5.74) is 5.59. The molecule has 0 N–H and O–H groups in total. The van der Waals surface area contributed by atoms with Gasteiger partial charge in [0.15, 0.2) is 5.78 Å². The normalized spacial score (nSPS) is 14.9. The molecule has 3 aromatic carbocycles. The van der Waals surface area contributed by atoms with Crippen LogP contribution >= 0.6 is 0 Å². The van der Waals surface area contributed by atoms with Gasteiger partial charge in [0, 0.05) is 31.5 Å². The van der Waals surface area contributed by atoms with Crippen LogP contribution in [-0.2, 0) is 28.8 Å². The molecule has 0 radical (unpaired) electrons. The summed E-state index contributed by atoms with van der Waals surface area (Å²) < 4.78 is 5.87. The van der Waals surface area contributed by atoms with Gasteiger partial charge in [-0.25, -0.2) is 4.79 Å². The van der Waals surface area contributed by atoms with E-state index in [0.717, 1.165) is 39.9 Å². The molecule has 0 fully saturated rings. The molecule has 0 saturated heterocycles. The Morgan fingerprint density at radius 2 is 1.56 bits per heavy atom. The molecule has 0 aliphatic carbocycles. The number of Topliss-reactive ketones (excluding diaryl/α,β-unsaturated/α-hetero) is 1. The Labute approximate surface area is 243 Å². The number of hydrogen-bond acceptors (Lipinski definition) is 4. The maximum Gasteiger partial charge on any atom is 0.410 e. The first-order valence-electron chi connectivity index (χ1n) is 14.8. The van der Waals surface area contributed by atoms with Crippen molar-refractivity contribution >= 4 is 23.5 Å². The van der Waals surface area contributed by atoms with E-state index in [1.54, 1.807) is 0 Å². The lowest BCUT2D eigenvalue weighted by Crippen LogP contribution is -2.40. The quantitative estimate of drug-likeness (QED) is 0.199. The molecule has 1 atom stereocenters. The highest BCUT2D eigenvalue weighted by molar-refractivity contribution is 6.02. The lowest BCUT2D eigenvalue weighted by Gasteiger charge is -2.34. The number of carbonyl (C=O) groups is 3. The Bertz CT molecular complexity index is 1390. The number of hydrogen-bond donors (Lipinski definition) is 0. The summed E-state index contributed by atoms with van der Waals surface area (Å²) in [6.45, 7) is 6.85. The maximum absolute atomic E-state index is 13.6. The van der Waals surface area contributed by atoms with E-state index in [0.29, 0.717) is 51.6 Å². The highest BCUT2D eigenvalue weighted by atomic mass is 16.6. The van der Waals surface area contributed by atoms with Crippen LogP contribution in [0.15, 0.2) is 72.8 Å². The van der Waals surface area contributed by atoms with E-state index >= 15 is 0 Å². The number of carbonyl (C=O) groups excluding carboxylic acids is 3. The van der Waals surface area contributed by atoms with Crippen LogP contribution in [0.1, 0.15) is 85.1 Å². The fraction of sp³-hybridized carbons (Fsp3) is 0.400. The van der Waals surface area contributed by atoms with Crippen molar-refractivity contribution in [3.8, 4) is 0 Å². The summed E-state index contributed by atoms with van der Waals surface area (Å²) in [5, 5.41) is 0. The minimum absolute atomic E-state index is 0.118. The van der Waals surface area contributed by atoms with Gasteiger partial charge in [-0.05, 0) is 87.3 Å². The molecule has 214 valence electrons. The molecular formula is C35H40N2O4. The number of ether oxygens (including phenoxy) is 1. The second kappa shape index (κ2) is 12.3. The SMILES string of the molecule is CC(C)(C)OC(=O)N(CCCCC(=O)c1cc2c3c(c1)CCN3C(=O)CC2)C(Cc1ccccc1)c1ccccc1. The molecule has 2 aliphatic heterocycles. The molecular weight excluding hydrogens is 512 g/mol. The summed E-state index contributed by atoms with van der Waals surface area (Å²) in [6.07, 6.45) is 4.11. The van der Waals surface area contributed by atoms with Gasteiger partial charge in [-0.1, -0.05) is 60.7 Å².